The van der Waals surface area contributed by atoms with Crippen molar-refractivity contribution in [2.45, 2.75) is 59.2 Å². The van der Waals surface area contributed by atoms with E-state index in [4.69, 9.17) is 0 Å². The lowest BCUT2D eigenvalue weighted by atomic mass is 10.0. The van der Waals surface area contributed by atoms with Crippen LogP contribution in [0.15, 0.2) is 84.0 Å². The number of rotatable bonds is 10. The van der Waals surface area contributed by atoms with Gasteiger partial charge in [-0.2, -0.15) is 5.26 Å². The van der Waals surface area contributed by atoms with E-state index in [1.165, 1.54) is 22.3 Å². The lowest BCUT2D eigenvalue weighted by molar-refractivity contribution is 0.216. The first-order chi connectivity index (χ1) is 13.6. The predicted octanol–water partition coefficient (Wildman–Crippen LogP) is 6.66. The van der Waals surface area contributed by atoms with Crippen LogP contribution in [-0.2, 0) is 13.1 Å². The molecule has 0 amide bonds. The van der Waals surface area contributed by atoms with E-state index in [0.29, 0.717) is 0 Å². The van der Waals surface area contributed by atoms with Gasteiger partial charge in [0, 0.05) is 13.1 Å². The standard InChI is InChI=1S/C26H32N2/c1-22(2)11-10-12-23(3)17-18-26(19-27)28(20-24-13-6-4-7-14-24)21-25-15-8-5-9-16-25/h4-9,11,13-17,26H,10,12,18,20-21H2,1-3H3/b23-17+. The number of hydrogen-bond donors (Lipinski definition) is 0. The van der Waals surface area contributed by atoms with Crippen LogP contribution in [0.25, 0.3) is 0 Å². The third kappa shape index (κ3) is 7.94. The Balaban J connectivity index is 2.09. The fourth-order valence-corrected chi connectivity index (χ4v) is 3.20. The largest absolute Gasteiger partial charge is 0.279 e. The molecule has 1 unspecified atom stereocenters. The number of benzene rings is 2. The average molecular weight is 373 g/mol. The number of allylic oxidation sites excluding steroid dienone is 3. The molecular formula is C26H32N2. The Hall–Kier alpha value is -2.63. The molecule has 2 heteroatoms. The zero-order valence-electron chi connectivity index (χ0n) is 17.4. The average Bonchev–Trinajstić information content (AvgIpc) is 2.69. The van der Waals surface area contributed by atoms with E-state index >= 15 is 0 Å². The Kier molecular flexibility index (Phi) is 9.25. The molecule has 0 fully saturated rings. The SMILES string of the molecule is CC(C)=CCC/C(C)=C/CC(C#N)N(Cc1ccccc1)Cc1ccccc1. The summed E-state index contributed by atoms with van der Waals surface area (Å²) in [4.78, 5) is 2.28. The third-order valence-corrected chi connectivity index (χ3v) is 4.83. The topological polar surface area (TPSA) is 27.0 Å². The Morgan fingerprint density at radius 1 is 0.893 bits per heavy atom. The van der Waals surface area contributed by atoms with Gasteiger partial charge >= 0.3 is 0 Å². The minimum atomic E-state index is -0.140. The maximum atomic E-state index is 9.88. The van der Waals surface area contributed by atoms with Crippen LogP contribution in [0, 0.1) is 11.3 Å². The smallest absolute Gasteiger partial charge is 0.102 e. The van der Waals surface area contributed by atoms with Gasteiger partial charge in [0.05, 0.1) is 6.07 Å². The third-order valence-electron chi connectivity index (χ3n) is 4.83. The molecule has 2 aromatic rings. The quantitative estimate of drug-likeness (QED) is 0.436. The van der Waals surface area contributed by atoms with Crippen molar-refractivity contribution in [2.75, 3.05) is 0 Å². The first kappa shape index (κ1) is 21.7. The zero-order chi connectivity index (χ0) is 20.2. The van der Waals surface area contributed by atoms with Crippen LogP contribution in [0.5, 0.6) is 0 Å². The molecule has 2 nitrogen and oxygen atoms in total. The predicted molar refractivity (Wildman–Crippen MR) is 119 cm³/mol. The molecule has 1 atom stereocenters. The molecule has 0 N–H and O–H groups in total. The van der Waals surface area contributed by atoms with Crippen molar-refractivity contribution in [1.29, 1.82) is 5.26 Å². The molecule has 0 spiro atoms. The van der Waals surface area contributed by atoms with Crippen molar-refractivity contribution >= 4 is 0 Å². The molecule has 0 saturated heterocycles. The molecule has 28 heavy (non-hydrogen) atoms. The van der Waals surface area contributed by atoms with Crippen molar-refractivity contribution < 1.29 is 0 Å². The molecule has 2 rings (SSSR count). The summed E-state index contributed by atoms with van der Waals surface area (Å²) in [6.07, 6.45) is 7.41. The Bertz CT molecular complexity index is 752. The summed E-state index contributed by atoms with van der Waals surface area (Å²) >= 11 is 0. The molecule has 0 saturated carbocycles. The summed E-state index contributed by atoms with van der Waals surface area (Å²) in [5, 5.41) is 9.88. The second-order valence-corrected chi connectivity index (χ2v) is 7.63. The molecule has 0 aliphatic rings. The summed E-state index contributed by atoms with van der Waals surface area (Å²) in [5.41, 5.74) is 5.20. The van der Waals surface area contributed by atoms with Crippen molar-refractivity contribution in [2.24, 2.45) is 0 Å². The van der Waals surface area contributed by atoms with Crippen molar-refractivity contribution in [1.82, 2.24) is 4.90 Å². The van der Waals surface area contributed by atoms with Gasteiger partial charge in [-0.05, 0) is 51.2 Å². The molecule has 0 aromatic heterocycles. The second-order valence-electron chi connectivity index (χ2n) is 7.63. The van der Waals surface area contributed by atoms with Crippen molar-refractivity contribution in [3.05, 3.63) is 95.1 Å². The molecule has 0 radical (unpaired) electrons. The van der Waals surface area contributed by atoms with Gasteiger partial charge < -0.3 is 0 Å². The van der Waals surface area contributed by atoms with E-state index in [0.717, 1.165) is 32.4 Å². The molecule has 0 heterocycles. The zero-order valence-corrected chi connectivity index (χ0v) is 17.4. The second kappa shape index (κ2) is 12.0. The lowest BCUT2D eigenvalue weighted by Crippen LogP contribution is -2.33. The molecule has 0 bridgehead atoms. The molecular weight excluding hydrogens is 340 g/mol. The first-order valence-electron chi connectivity index (χ1n) is 10.1. The highest BCUT2D eigenvalue weighted by molar-refractivity contribution is 5.18. The monoisotopic (exact) mass is 372 g/mol. The molecule has 0 aliphatic carbocycles. The van der Waals surface area contributed by atoms with Gasteiger partial charge in [0.15, 0.2) is 0 Å². The summed E-state index contributed by atoms with van der Waals surface area (Å²) in [6.45, 7) is 7.99. The van der Waals surface area contributed by atoms with Crippen LogP contribution in [-0.4, -0.2) is 10.9 Å². The Morgan fingerprint density at radius 3 is 1.89 bits per heavy atom. The Morgan fingerprint density at radius 2 is 1.43 bits per heavy atom. The fraction of sp³-hybridized carbons (Fsp3) is 0.346. The number of hydrogen-bond acceptors (Lipinski definition) is 2. The van der Waals surface area contributed by atoms with E-state index in [2.05, 4.69) is 92.4 Å². The summed E-state index contributed by atoms with van der Waals surface area (Å²) in [7, 11) is 0. The Labute approximate surface area is 170 Å². The van der Waals surface area contributed by atoms with E-state index in [-0.39, 0.29) is 6.04 Å². The minimum absolute atomic E-state index is 0.140. The first-order valence-corrected chi connectivity index (χ1v) is 10.1. The normalized spacial score (nSPS) is 12.5. The van der Waals surface area contributed by atoms with Crippen molar-refractivity contribution in [3.63, 3.8) is 0 Å². The highest BCUT2D eigenvalue weighted by atomic mass is 15.1. The van der Waals surface area contributed by atoms with Gasteiger partial charge in [-0.15, -0.1) is 0 Å². The van der Waals surface area contributed by atoms with Crippen LogP contribution in [0.3, 0.4) is 0 Å². The maximum absolute atomic E-state index is 9.88. The molecule has 146 valence electrons. The van der Waals surface area contributed by atoms with E-state index in [9.17, 15) is 5.26 Å². The van der Waals surface area contributed by atoms with Gasteiger partial charge in [-0.1, -0.05) is 84.0 Å². The maximum Gasteiger partial charge on any atom is 0.102 e. The van der Waals surface area contributed by atoms with Gasteiger partial charge in [-0.25, -0.2) is 0 Å². The summed E-state index contributed by atoms with van der Waals surface area (Å²) < 4.78 is 0. The fourth-order valence-electron chi connectivity index (χ4n) is 3.20. The summed E-state index contributed by atoms with van der Waals surface area (Å²) in [5.74, 6) is 0. The van der Waals surface area contributed by atoms with Crippen LogP contribution in [0.4, 0.5) is 0 Å². The van der Waals surface area contributed by atoms with Gasteiger partial charge in [0.2, 0.25) is 0 Å². The lowest BCUT2D eigenvalue weighted by Gasteiger charge is -2.27. The number of nitriles is 1. The van der Waals surface area contributed by atoms with Crippen LogP contribution in [0.2, 0.25) is 0 Å². The van der Waals surface area contributed by atoms with E-state index in [1.54, 1.807) is 0 Å². The summed E-state index contributed by atoms with van der Waals surface area (Å²) in [6, 6.07) is 23.2. The van der Waals surface area contributed by atoms with Crippen LogP contribution >= 0.6 is 0 Å². The molecule has 0 aliphatic heterocycles. The van der Waals surface area contributed by atoms with E-state index < -0.39 is 0 Å². The van der Waals surface area contributed by atoms with Gasteiger partial charge in [0.25, 0.3) is 0 Å². The highest BCUT2D eigenvalue weighted by Gasteiger charge is 2.18. The van der Waals surface area contributed by atoms with Crippen LogP contribution < -0.4 is 0 Å². The van der Waals surface area contributed by atoms with Gasteiger partial charge in [0.1, 0.15) is 6.04 Å². The number of nitrogens with zero attached hydrogens (tertiary/aromatic N) is 2. The molecule has 2 aromatic carbocycles. The highest BCUT2D eigenvalue weighted by Crippen LogP contribution is 2.17. The minimum Gasteiger partial charge on any atom is -0.279 e. The van der Waals surface area contributed by atoms with Crippen molar-refractivity contribution in [3.8, 4) is 6.07 Å². The van der Waals surface area contributed by atoms with E-state index in [1.807, 2.05) is 12.1 Å². The van der Waals surface area contributed by atoms with Crippen LogP contribution in [0.1, 0.15) is 51.2 Å². The van der Waals surface area contributed by atoms with Gasteiger partial charge in [-0.3, -0.25) is 4.90 Å².